The molecule has 0 amide bonds. The summed E-state index contributed by atoms with van der Waals surface area (Å²) in [5.41, 5.74) is 1.08. The van der Waals surface area contributed by atoms with Gasteiger partial charge in [0.15, 0.2) is 0 Å². The molecule has 0 unspecified atom stereocenters. The van der Waals surface area contributed by atoms with Crippen LogP contribution in [-0.4, -0.2) is 23.5 Å². The Morgan fingerprint density at radius 2 is 1.89 bits per heavy atom. The molecule has 1 aromatic carbocycles. The van der Waals surface area contributed by atoms with Gasteiger partial charge in [-0.1, -0.05) is 31.4 Å². The quantitative estimate of drug-likeness (QED) is 0.786. The van der Waals surface area contributed by atoms with Crippen LogP contribution in [0.5, 0.6) is 5.75 Å². The van der Waals surface area contributed by atoms with Crippen molar-refractivity contribution in [3.8, 4) is 5.75 Å². The molecule has 98 valence electrons. The molecule has 1 atom stereocenters. The molecule has 0 heterocycles. The lowest BCUT2D eigenvalue weighted by Gasteiger charge is -2.26. The van der Waals surface area contributed by atoms with Gasteiger partial charge in [0.05, 0.1) is 6.04 Å². The van der Waals surface area contributed by atoms with E-state index in [0.29, 0.717) is 12.5 Å². The van der Waals surface area contributed by atoms with E-state index in [9.17, 15) is 9.90 Å². The number of aromatic hydroxyl groups is 1. The van der Waals surface area contributed by atoms with Crippen LogP contribution in [0.15, 0.2) is 24.3 Å². The van der Waals surface area contributed by atoms with E-state index in [4.69, 9.17) is 0 Å². The number of carbonyl (C=O) groups excluding carboxylic acids is 1. The van der Waals surface area contributed by atoms with E-state index < -0.39 is 0 Å². The number of rotatable bonds is 5. The van der Waals surface area contributed by atoms with Gasteiger partial charge < -0.3 is 15.2 Å². The number of carbonyl (C=O) groups is 1. The molecular weight excluding hydrogens is 226 g/mol. The van der Waals surface area contributed by atoms with Crippen molar-refractivity contribution >= 4 is 6.29 Å². The van der Waals surface area contributed by atoms with Crippen molar-refractivity contribution in [3.63, 3.8) is 0 Å². The van der Waals surface area contributed by atoms with Gasteiger partial charge in [0.1, 0.15) is 12.0 Å². The van der Waals surface area contributed by atoms with Gasteiger partial charge in [0.2, 0.25) is 0 Å². The number of nitrogens with one attached hydrogen (secondary N) is 1. The van der Waals surface area contributed by atoms with Crippen LogP contribution in [-0.2, 0) is 11.2 Å². The van der Waals surface area contributed by atoms with Crippen molar-refractivity contribution in [2.24, 2.45) is 0 Å². The molecule has 3 heteroatoms. The monoisotopic (exact) mass is 247 g/mol. The Morgan fingerprint density at radius 1 is 1.22 bits per heavy atom. The topological polar surface area (TPSA) is 49.3 Å². The largest absolute Gasteiger partial charge is 0.508 e. The van der Waals surface area contributed by atoms with Gasteiger partial charge >= 0.3 is 0 Å². The van der Waals surface area contributed by atoms with E-state index in [2.05, 4.69) is 5.32 Å². The highest BCUT2D eigenvalue weighted by molar-refractivity contribution is 5.58. The molecule has 0 aliphatic heterocycles. The average Bonchev–Trinajstić information content (AvgIpc) is 2.41. The van der Waals surface area contributed by atoms with E-state index in [1.807, 2.05) is 12.1 Å². The third-order valence-electron chi connectivity index (χ3n) is 3.61. The van der Waals surface area contributed by atoms with E-state index in [1.54, 1.807) is 12.1 Å². The number of hydrogen-bond acceptors (Lipinski definition) is 3. The van der Waals surface area contributed by atoms with Crippen LogP contribution in [0.25, 0.3) is 0 Å². The van der Waals surface area contributed by atoms with Crippen LogP contribution >= 0.6 is 0 Å². The summed E-state index contributed by atoms with van der Waals surface area (Å²) in [5.74, 6) is 0.265. The van der Waals surface area contributed by atoms with Gasteiger partial charge in [0, 0.05) is 6.04 Å². The SMILES string of the molecule is O=C[C@H](Cc1ccc(O)cc1)NC1CCCCC1. The highest BCUT2D eigenvalue weighted by Gasteiger charge is 2.17. The zero-order chi connectivity index (χ0) is 12.8. The number of phenols is 1. The number of aldehydes is 1. The smallest absolute Gasteiger partial charge is 0.137 e. The first kappa shape index (κ1) is 13.1. The minimum Gasteiger partial charge on any atom is -0.508 e. The van der Waals surface area contributed by atoms with Gasteiger partial charge in [-0.3, -0.25) is 0 Å². The maximum Gasteiger partial charge on any atom is 0.137 e. The summed E-state index contributed by atoms with van der Waals surface area (Å²) in [6.07, 6.45) is 7.91. The first-order valence-electron chi connectivity index (χ1n) is 6.77. The van der Waals surface area contributed by atoms with Crippen molar-refractivity contribution in [1.29, 1.82) is 0 Å². The second-order valence-electron chi connectivity index (χ2n) is 5.11. The minimum atomic E-state index is -0.113. The summed E-state index contributed by atoms with van der Waals surface area (Å²) >= 11 is 0. The van der Waals surface area contributed by atoms with E-state index in [-0.39, 0.29) is 11.8 Å². The Labute approximate surface area is 108 Å². The third kappa shape index (κ3) is 3.84. The van der Waals surface area contributed by atoms with Gasteiger partial charge in [0.25, 0.3) is 0 Å². The molecule has 0 saturated heterocycles. The summed E-state index contributed by atoms with van der Waals surface area (Å²) in [5, 5.41) is 12.7. The summed E-state index contributed by atoms with van der Waals surface area (Å²) < 4.78 is 0. The standard InChI is InChI=1S/C15H21NO2/c17-11-14(16-13-4-2-1-3-5-13)10-12-6-8-15(18)9-7-12/h6-9,11,13-14,16,18H,1-5,10H2/t14-/m0/s1. The third-order valence-corrected chi connectivity index (χ3v) is 3.61. The van der Waals surface area contributed by atoms with Crippen LogP contribution in [0.1, 0.15) is 37.7 Å². The molecular formula is C15H21NO2. The van der Waals surface area contributed by atoms with Crippen molar-refractivity contribution in [2.75, 3.05) is 0 Å². The van der Waals surface area contributed by atoms with Crippen LogP contribution in [0.3, 0.4) is 0 Å². The van der Waals surface area contributed by atoms with Crippen molar-refractivity contribution in [2.45, 2.75) is 50.6 Å². The molecule has 3 nitrogen and oxygen atoms in total. The molecule has 1 saturated carbocycles. The zero-order valence-electron chi connectivity index (χ0n) is 10.6. The highest BCUT2D eigenvalue weighted by atomic mass is 16.3. The molecule has 18 heavy (non-hydrogen) atoms. The molecule has 0 spiro atoms. The Balaban J connectivity index is 1.88. The fraction of sp³-hybridized carbons (Fsp3) is 0.533. The lowest BCUT2D eigenvalue weighted by molar-refractivity contribution is -0.109. The predicted molar refractivity (Wildman–Crippen MR) is 71.7 cm³/mol. The maximum atomic E-state index is 11.1. The van der Waals surface area contributed by atoms with Gasteiger partial charge in [-0.05, 0) is 37.0 Å². The molecule has 0 aromatic heterocycles. The van der Waals surface area contributed by atoms with Crippen molar-refractivity contribution in [1.82, 2.24) is 5.32 Å². The summed E-state index contributed by atoms with van der Waals surface area (Å²) in [4.78, 5) is 11.1. The molecule has 1 aliphatic carbocycles. The van der Waals surface area contributed by atoms with E-state index in [1.165, 1.54) is 32.1 Å². The number of phenolic OH excluding ortho intramolecular Hbond substituents is 1. The second kappa shape index (κ2) is 6.55. The molecule has 1 aromatic rings. The minimum absolute atomic E-state index is 0.113. The number of hydrogen-bond donors (Lipinski definition) is 2. The summed E-state index contributed by atoms with van der Waals surface area (Å²) in [6, 6.07) is 7.45. The van der Waals surface area contributed by atoms with Crippen LogP contribution in [0, 0.1) is 0 Å². The molecule has 1 fully saturated rings. The fourth-order valence-electron chi connectivity index (χ4n) is 2.60. The average molecular weight is 247 g/mol. The first-order valence-corrected chi connectivity index (χ1v) is 6.77. The second-order valence-corrected chi connectivity index (χ2v) is 5.11. The Kier molecular flexibility index (Phi) is 4.76. The lowest BCUT2D eigenvalue weighted by Crippen LogP contribution is -2.41. The lowest BCUT2D eigenvalue weighted by atomic mass is 9.94. The molecule has 2 rings (SSSR count). The predicted octanol–water partition coefficient (Wildman–Crippen LogP) is 2.42. The Bertz CT molecular complexity index is 369. The van der Waals surface area contributed by atoms with Crippen LogP contribution in [0.2, 0.25) is 0 Å². The van der Waals surface area contributed by atoms with Crippen LogP contribution in [0.4, 0.5) is 0 Å². The Hall–Kier alpha value is -1.35. The van der Waals surface area contributed by atoms with E-state index >= 15 is 0 Å². The first-order chi connectivity index (χ1) is 8.78. The number of benzene rings is 1. The fourth-order valence-corrected chi connectivity index (χ4v) is 2.60. The van der Waals surface area contributed by atoms with Gasteiger partial charge in [-0.2, -0.15) is 0 Å². The maximum absolute atomic E-state index is 11.1. The Morgan fingerprint density at radius 3 is 2.50 bits per heavy atom. The molecule has 0 radical (unpaired) electrons. The van der Waals surface area contributed by atoms with Crippen LogP contribution < -0.4 is 5.32 Å². The van der Waals surface area contributed by atoms with Crippen molar-refractivity contribution in [3.05, 3.63) is 29.8 Å². The van der Waals surface area contributed by atoms with Crippen molar-refractivity contribution < 1.29 is 9.90 Å². The molecule has 2 N–H and O–H groups in total. The van der Waals surface area contributed by atoms with Gasteiger partial charge in [-0.25, -0.2) is 0 Å². The summed E-state index contributed by atoms with van der Waals surface area (Å²) in [6.45, 7) is 0. The molecule has 0 bridgehead atoms. The summed E-state index contributed by atoms with van der Waals surface area (Å²) in [7, 11) is 0. The van der Waals surface area contributed by atoms with E-state index in [0.717, 1.165) is 11.8 Å². The highest BCUT2D eigenvalue weighted by Crippen LogP contribution is 2.18. The zero-order valence-corrected chi connectivity index (χ0v) is 10.6. The molecule has 1 aliphatic rings. The van der Waals surface area contributed by atoms with Gasteiger partial charge in [-0.15, -0.1) is 0 Å². The normalized spacial score (nSPS) is 18.4.